The SMILES string of the molecule is Fc1ccccc1CNc1ccc2[nH]nc(C=Cc3ccccn3)c2c1. The van der Waals surface area contributed by atoms with Crippen molar-refractivity contribution < 1.29 is 4.39 Å². The summed E-state index contributed by atoms with van der Waals surface area (Å²) in [7, 11) is 0. The third kappa shape index (κ3) is 3.47. The van der Waals surface area contributed by atoms with Gasteiger partial charge in [-0.25, -0.2) is 4.39 Å². The predicted octanol–water partition coefficient (Wildman–Crippen LogP) is 4.88. The van der Waals surface area contributed by atoms with Crippen molar-refractivity contribution >= 4 is 28.7 Å². The number of nitrogens with one attached hydrogen (secondary N) is 2. The van der Waals surface area contributed by atoms with E-state index in [4.69, 9.17) is 0 Å². The van der Waals surface area contributed by atoms with Gasteiger partial charge in [0.1, 0.15) is 5.82 Å². The number of aromatic nitrogens is 3. The molecule has 2 aromatic carbocycles. The van der Waals surface area contributed by atoms with Crippen LogP contribution in [0.1, 0.15) is 17.0 Å². The van der Waals surface area contributed by atoms with Crippen LogP contribution < -0.4 is 5.32 Å². The van der Waals surface area contributed by atoms with Crippen molar-refractivity contribution in [2.75, 3.05) is 5.32 Å². The topological polar surface area (TPSA) is 53.6 Å². The second kappa shape index (κ2) is 7.19. The Labute approximate surface area is 150 Å². The van der Waals surface area contributed by atoms with E-state index in [-0.39, 0.29) is 5.82 Å². The summed E-state index contributed by atoms with van der Waals surface area (Å²) in [6.07, 6.45) is 5.62. The summed E-state index contributed by atoms with van der Waals surface area (Å²) < 4.78 is 13.8. The third-order valence-corrected chi connectivity index (χ3v) is 4.13. The summed E-state index contributed by atoms with van der Waals surface area (Å²) in [6, 6.07) is 18.5. The van der Waals surface area contributed by atoms with Gasteiger partial charge in [0.05, 0.1) is 16.9 Å². The van der Waals surface area contributed by atoms with Gasteiger partial charge >= 0.3 is 0 Å². The van der Waals surface area contributed by atoms with E-state index in [1.54, 1.807) is 18.3 Å². The Hall–Kier alpha value is -3.47. The number of rotatable bonds is 5. The van der Waals surface area contributed by atoms with Crippen LogP contribution in [0.5, 0.6) is 0 Å². The van der Waals surface area contributed by atoms with Gasteiger partial charge in [-0.05, 0) is 48.6 Å². The molecule has 5 heteroatoms. The number of pyridine rings is 1. The van der Waals surface area contributed by atoms with Crippen LogP contribution in [0.3, 0.4) is 0 Å². The highest BCUT2D eigenvalue weighted by Crippen LogP contribution is 2.23. The van der Waals surface area contributed by atoms with Gasteiger partial charge in [0, 0.05) is 29.4 Å². The fraction of sp³-hybridized carbons (Fsp3) is 0.0476. The van der Waals surface area contributed by atoms with E-state index in [0.29, 0.717) is 12.1 Å². The molecular weight excluding hydrogens is 327 g/mol. The summed E-state index contributed by atoms with van der Waals surface area (Å²) in [6.45, 7) is 0.426. The van der Waals surface area contributed by atoms with Crippen molar-refractivity contribution in [3.63, 3.8) is 0 Å². The average molecular weight is 344 g/mol. The molecule has 2 N–H and O–H groups in total. The second-order valence-corrected chi connectivity index (χ2v) is 5.90. The molecular formula is C21H17FN4. The highest BCUT2D eigenvalue weighted by molar-refractivity contribution is 5.91. The van der Waals surface area contributed by atoms with Gasteiger partial charge in [-0.15, -0.1) is 0 Å². The van der Waals surface area contributed by atoms with Crippen molar-refractivity contribution in [1.82, 2.24) is 15.2 Å². The average Bonchev–Trinajstić information content (AvgIpc) is 3.09. The summed E-state index contributed by atoms with van der Waals surface area (Å²) in [5.74, 6) is -0.205. The Bertz CT molecular complexity index is 1050. The molecule has 26 heavy (non-hydrogen) atoms. The van der Waals surface area contributed by atoms with Crippen LogP contribution in [0.4, 0.5) is 10.1 Å². The van der Waals surface area contributed by atoms with Gasteiger partial charge < -0.3 is 5.32 Å². The Kier molecular flexibility index (Phi) is 4.43. The van der Waals surface area contributed by atoms with E-state index >= 15 is 0 Å². The molecule has 4 rings (SSSR count). The molecule has 128 valence electrons. The lowest BCUT2D eigenvalue weighted by Crippen LogP contribution is -2.01. The number of aromatic amines is 1. The molecule has 0 amide bonds. The van der Waals surface area contributed by atoms with E-state index in [1.807, 2.05) is 54.6 Å². The summed E-state index contributed by atoms with van der Waals surface area (Å²) >= 11 is 0. The standard InChI is InChI=1S/C21H17FN4/c22-19-7-2-1-5-15(19)14-24-17-9-11-21-18(13-17)20(25-26-21)10-8-16-6-3-4-12-23-16/h1-13,24H,14H2,(H,25,26). The van der Waals surface area contributed by atoms with E-state index in [2.05, 4.69) is 20.5 Å². The largest absolute Gasteiger partial charge is 0.381 e. The monoisotopic (exact) mass is 344 g/mol. The number of hydrogen-bond acceptors (Lipinski definition) is 3. The van der Waals surface area contributed by atoms with E-state index in [1.165, 1.54) is 6.07 Å². The van der Waals surface area contributed by atoms with Crippen LogP contribution in [0, 0.1) is 5.82 Å². The molecule has 4 aromatic rings. The Morgan fingerprint density at radius 1 is 1.00 bits per heavy atom. The van der Waals surface area contributed by atoms with Crippen molar-refractivity contribution in [1.29, 1.82) is 0 Å². The molecule has 0 bridgehead atoms. The zero-order chi connectivity index (χ0) is 17.8. The van der Waals surface area contributed by atoms with Gasteiger partial charge in [-0.1, -0.05) is 24.3 Å². The first kappa shape index (κ1) is 16.0. The molecule has 2 heterocycles. The molecule has 0 unspecified atom stereocenters. The fourth-order valence-electron chi connectivity index (χ4n) is 2.75. The van der Waals surface area contributed by atoms with Crippen LogP contribution in [-0.4, -0.2) is 15.2 Å². The van der Waals surface area contributed by atoms with Crippen molar-refractivity contribution in [3.05, 3.63) is 89.6 Å². The molecule has 0 aliphatic rings. The molecule has 0 saturated carbocycles. The van der Waals surface area contributed by atoms with Crippen molar-refractivity contribution in [3.8, 4) is 0 Å². The zero-order valence-corrected chi connectivity index (χ0v) is 14.0. The summed E-state index contributed by atoms with van der Waals surface area (Å²) in [5.41, 5.74) is 4.20. The van der Waals surface area contributed by atoms with Crippen LogP contribution in [0.2, 0.25) is 0 Å². The maximum Gasteiger partial charge on any atom is 0.128 e. The minimum atomic E-state index is -0.205. The predicted molar refractivity (Wildman–Crippen MR) is 103 cm³/mol. The van der Waals surface area contributed by atoms with Crippen LogP contribution in [0.15, 0.2) is 66.9 Å². The Morgan fingerprint density at radius 2 is 1.88 bits per heavy atom. The van der Waals surface area contributed by atoms with Crippen LogP contribution >= 0.6 is 0 Å². The van der Waals surface area contributed by atoms with Crippen molar-refractivity contribution in [2.24, 2.45) is 0 Å². The number of hydrogen-bond donors (Lipinski definition) is 2. The number of nitrogens with zero attached hydrogens (tertiary/aromatic N) is 2. The molecule has 0 saturated heterocycles. The molecule has 0 fully saturated rings. The van der Waals surface area contributed by atoms with Crippen LogP contribution in [0.25, 0.3) is 23.1 Å². The van der Waals surface area contributed by atoms with E-state index < -0.39 is 0 Å². The van der Waals surface area contributed by atoms with Gasteiger partial charge in [0.2, 0.25) is 0 Å². The highest BCUT2D eigenvalue weighted by atomic mass is 19.1. The van der Waals surface area contributed by atoms with Crippen LogP contribution in [-0.2, 0) is 6.54 Å². The Morgan fingerprint density at radius 3 is 2.73 bits per heavy atom. The lowest BCUT2D eigenvalue weighted by atomic mass is 10.1. The minimum absolute atomic E-state index is 0.205. The number of anilines is 1. The maximum absolute atomic E-state index is 13.8. The van der Waals surface area contributed by atoms with E-state index in [0.717, 1.165) is 28.0 Å². The number of halogens is 1. The molecule has 0 aliphatic heterocycles. The highest BCUT2D eigenvalue weighted by Gasteiger charge is 2.05. The first-order valence-electron chi connectivity index (χ1n) is 8.34. The Balaban J connectivity index is 1.56. The molecule has 2 aromatic heterocycles. The molecule has 0 aliphatic carbocycles. The zero-order valence-electron chi connectivity index (χ0n) is 14.0. The molecule has 0 spiro atoms. The lowest BCUT2D eigenvalue weighted by molar-refractivity contribution is 0.613. The molecule has 0 radical (unpaired) electrons. The lowest BCUT2D eigenvalue weighted by Gasteiger charge is -2.07. The molecule has 4 nitrogen and oxygen atoms in total. The van der Waals surface area contributed by atoms with Gasteiger partial charge in [-0.2, -0.15) is 5.10 Å². The fourth-order valence-corrected chi connectivity index (χ4v) is 2.75. The smallest absolute Gasteiger partial charge is 0.128 e. The van der Waals surface area contributed by atoms with Gasteiger partial charge in [-0.3, -0.25) is 10.1 Å². The first-order chi connectivity index (χ1) is 12.8. The summed E-state index contributed by atoms with van der Waals surface area (Å²) in [5, 5.41) is 11.6. The number of fused-ring (bicyclic) bond motifs is 1. The normalized spacial score (nSPS) is 11.3. The summed E-state index contributed by atoms with van der Waals surface area (Å²) in [4.78, 5) is 4.27. The second-order valence-electron chi connectivity index (χ2n) is 5.90. The molecule has 0 atom stereocenters. The quantitative estimate of drug-likeness (QED) is 0.542. The van der Waals surface area contributed by atoms with E-state index in [9.17, 15) is 4.39 Å². The number of benzene rings is 2. The third-order valence-electron chi connectivity index (χ3n) is 4.13. The number of H-pyrrole nitrogens is 1. The minimum Gasteiger partial charge on any atom is -0.381 e. The van der Waals surface area contributed by atoms with Gasteiger partial charge in [0.15, 0.2) is 0 Å². The van der Waals surface area contributed by atoms with Gasteiger partial charge in [0.25, 0.3) is 0 Å². The maximum atomic E-state index is 13.8. The first-order valence-corrected chi connectivity index (χ1v) is 8.34. The van der Waals surface area contributed by atoms with Crippen molar-refractivity contribution in [2.45, 2.75) is 6.54 Å².